The van der Waals surface area contributed by atoms with E-state index in [0.29, 0.717) is 11.9 Å². The van der Waals surface area contributed by atoms with E-state index in [2.05, 4.69) is 19.0 Å². The highest BCUT2D eigenvalue weighted by Crippen LogP contribution is 2.34. The maximum absolute atomic E-state index is 12.7. The molecule has 1 heterocycles. The second-order valence-electron chi connectivity index (χ2n) is 6.44. The van der Waals surface area contributed by atoms with Gasteiger partial charge in [0.2, 0.25) is 0 Å². The first kappa shape index (κ1) is 15.0. The monoisotopic (exact) mass is 267 g/mol. The summed E-state index contributed by atoms with van der Waals surface area (Å²) in [5, 5.41) is 0. The zero-order chi connectivity index (χ0) is 13.7. The summed E-state index contributed by atoms with van der Waals surface area (Å²) in [5.74, 6) is 0.468. The fraction of sp³-hybridized carbons (Fsp3) is 0.938. The van der Waals surface area contributed by atoms with Gasteiger partial charge in [-0.25, -0.2) is 0 Å². The summed E-state index contributed by atoms with van der Waals surface area (Å²) < 4.78 is 5.63. The summed E-state index contributed by atoms with van der Waals surface area (Å²) in [7, 11) is 4.15. The highest BCUT2D eigenvalue weighted by Gasteiger charge is 2.40. The van der Waals surface area contributed by atoms with Crippen LogP contribution in [0.2, 0.25) is 0 Å². The van der Waals surface area contributed by atoms with Crippen molar-refractivity contribution in [3.63, 3.8) is 0 Å². The van der Waals surface area contributed by atoms with Gasteiger partial charge >= 0.3 is 0 Å². The first-order valence-electron chi connectivity index (χ1n) is 7.97. The van der Waals surface area contributed by atoms with Crippen molar-refractivity contribution in [2.24, 2.45) is 0 Å². The van der Waals surface area contributed by atoms with Crippen LogP contribution in [-0.4, -0.2) is 43.0 Å². The molecule has 1 saturated carbocycles. The van der Waals surface area contributed by atoms with E-state index in [9.17, 15) is 4.79 Å². The molecule has 19 heavy (non-hydrogen) atoms. The van der Waals surface area contributed by atoms with Gasteiger partial charge in [0.25, 0.3) is 0 Å². The van der Waals surface area contributed by atoms with E-state index in [1.165, 1.54) is 32.1 Å². The van der Waals surface area contributed by atoms with Gasteiger partial charge < -0.3 is 4.74 Å². The summed E-state index contributed by atoms with van der Waals surface area (Å²) >= 11 is 0. The molecule has 2 fully saturated rings. The van der Waals surface area contributed by atoms with Crippen LogP contribution in [0.4, 0.5) is 0 Å². The lowest BCUT2D eigenvalue weighted by Gasteiger charge is -2.41. The van der Waals surface area contributed by atoms with Gasteiger partial charge in [0.1, 0.15) is 0 Å². The summed E-state index contributed by atoms with van der Waals surface area (Å²) in [6.07, 6.45) is 11.4. The smallest absolute Gasteiger partial charge is 0.153 e. The molecular weight excluding hydrogens is 238 g/mol. The number of Topliss-reactive ketones (excluding diaryl/α,β-unsaturated/α-hetero) is 1. The first-order chi connectivity index (χ1) is 9.15. The van der Waals surface area contributed by atoms with Crippen molar-refractivity contribution in [3.8, 4) is 0 Å². The Morgan fingerprint density at radius 2 is 1.95 bits per heavy atom. The van der Waals surface area contributed by atoms with Crippen LogP contribution in [0.25, 0.3) is 0 Å². The Bertz CT molecular complexity index is 289. The van der Waals surface area contributed by atoms with E-state index in [4.69, 9.17) is 4.74 Å². The third-order valence-corrected chi connectivity index (χ3v) is 5.01. The highest BCUT2D eigenvalue weighted by atomic mass is 16.5. The Hall–Kier alpha value is -0.410. The molecule has 2 aliphatic rings. The van der Waals surface area contributed by atoms with Crippen molar-refractivity contribution >= 4 is 5.78 Å². The summed E-state index contributed by atoms with van der Waals surface area (Å²) in [4.78, 5) is 14.8. The maximum atomic E-state index is 12.7. The summed E-state index contributed by atoms with van der Waals surface area (Å²) in [6, 6.07) is 0. The van der Waals surface area contributed by atoms with E-state index >= 15 is 0 Å². The second-order valence-corrected chi connectivity index (χ2v) is 6.44. The molecule has 110 valence electrons. The Morgan fingerprint density at radius 3 is 2.53 bits per heavy atom. The lowest BCUT2D eigenvalue weighted by atomic mass is 9.76. The Morgan fingerprint density at radius 1 is 1.21 bits per heavy atom. The Labute approximate surface area is 117 Å². The SMILES string of the molecule is CN(C)C1(C(=O)CCCC2CCCO2)CCCCC1. The molecule has 0 aromatic carbocycles. The maximum Gasteiger partial charge on any atom is 0.153 e. The van der Waals surface area contributed by atoms with Gasteiger partial charge in [-0.3, -0.25) is 9.69 Å². The van der Waals surface area contributed by atoms with Crippen LogP contribution >= 0.6 is 0 Å². The number of nitrogens with zero attached hydrogens (tertiary/aromatic N) is 1. The van der Waals surface area contributed by atoms with Crippen molar-refractivity contribution in [1.82, 2.24) is 4.90 Å². The van der Waals surface area contributed by atoms with Crippen LogP contribution < -0.4 is 0 Å². The molecule has 0 spiro atoms. The summed E-state index contributed by atoms with van der Waals surface area (Å²) in [5.41, 5.74) is -0.158. The topological polar surface area (TPSA) is 29.5 Å². The molecule has 1 unspecified atom stereocenters. The number of carbonyl (C=O) groups excluding carboxylic acids is 1. The molecule has 0 amide bonds. The Kier molecular flexibility index (Phi) is 5.40. The molecule has 0 radical (unpaired) electrons. The second kappa shape index (κ2) is 6.85. The molecule has 2 rings (SSSR count). The third-order valence-electron chi connectivity index (χ3n) is 5.01. The molecule has 0 bridgehead atoms. The number of hydrogen-bond donors (Lipinski definition) is 0. The van der Waals surface area contributed by atoms with Gasteiger partial charge in [0.05, 0.1) is 11.6 Å². The largest absolute Gasteiger partial charge is 0.378 e. The molecular formula is C16H29NO2. The van der Waals surface area contributed by atoms with Crippen LogP contribution in [0.1, 0.15) is 64.2 Å². The average Bonchev–Trinajstić information content (AvgIpc) is 2.92. The summed E-state index contributed by atoms with van der Waals surface area (Å²) in [6.45, 7) is 0.917. The predicted molar refractivity (Wildman–Crippen MR) is 77.3 cm³/mol. The van der Waals surface area contributed by atoms with Crippen LogP contribution in [0.15, 0.2) is 0 Å². The number of rotatable bonds is 6. The minimum Gasteiger partial charge on any atom is -0.378 e. The quantitative estimate of drug-likeness (QED) is 0.740. The van der Waals surface area contributed by atoms with Crippen molar-refractivity contribution in [2.75, 3.05) is 20.7 Å². The molecule has 1 atom stereocenters. The van der Waals surface area contributed by atoms with Crippen LogP contribution in [0.3, 0.4) is 0 Å². The zero-order valence-electron chi connectivity index (χ0n) is 12.6. The van der Waals surface area contributed by atoms with Crippen LogP contribution in [0.5, 0.6) is 0 Å². The minimum atomic E-state index is -0.158. The van der Waals surface area contributed by atoms with Gasteiger partial charge in [-0.15, -0.1) is 0 Å². The fourth-order valence-corrected chi connectivity index (χ4v) is 3.71. The van der Waals surface area contributed by atoms with E-state index in [0.717, 1.165) is 38.7 Å². The average molecular weight is 267 g/mol. The standard InChI is InChI=1S/C16H29NO2/c1-17(2)16(11-4-3-5-12-16)15(18)10-6-8-14-9-7-13-19-14/h14H,3-13H2,1-2H3. The minimum absolute atomic E-state index is 0.158. The zero-order valence-corrected chi connectivity index (χ0v) is 12.6. The molecule has 1 saturated heterocycles. The Balaban J connectivity index is 1.81. The number of carbonyl (C=O) groups is 1. The van der Waals surface area contributed by atoms with E-state index < -0.39 is 0 Å². The lowest BCUT2D eigenvalue weighted by Crippen LogP contribution is -2.52. The van der Waals surface area contributed by atoms with Gasteiger partial charge in [-0.2, -0.15) is 0 Å². The molecule has 1 aliphatic heterocycles. The molecule has 1 aliphatic carbocycles. The van der Waals surface area contributed by atoms with Crippen LogP contribution in [-0.2, 0) is 9.53 Å². The van der Waals surface area contributed by atoms with Gasteiger partial charge in [0.15, 0.2) is 5.78 Å². The van der Waals surface area contributed by atoms with E-state index in [-0.39, 0.29) is 5.54 Å². The molecule has 3 nitrogen and oxygen atoms in total. The number of ether oxygens (including phenoxy) is 1. The van der Waals surface area contributed by atoms with Crippen LogP contribution in [0, 0.1) is 0 Å². The number of hydrogen-bond acceptors (Lipinski definition) is 3. The van der Waals surface area contributed by atoms with E-state index in [1.807, 2.05) is 0 Å². The van der Waals surface area contributed by atoms with Gasteiger partial charge in [-0.05, 0) is 52.6 Å². The molecule has 0 N–H and O–H groups in total. The molecule has 0 aromatic rings. The third kappa shape index (κ3) is 3.57. The number of ketones is 1. The first-order valence-corrected chi connectivity index (χ1v) is 7.97. The van der Waals surface area contributed by atoms with Gasteiger partial charge in [-0.1, -0.05) is 19.3 Å². The van der Waals surface area contributed by atoms with Crippen molar-refractivity contribution in [2.45, 2.75) is 75.9 Å². The van der Waals surface area contributed by atoms with Gasteiger partial charge in [0, 0.05) is 13.0 Å². The fourth-order valence-electron chi connectivity index (χ4n) is 3.71. The lowest BCUT2D eigenvalue weighted by molar-refractivity contribution is -0.132. The predicted octanol–water partition coefficient (Wildman–Crippen LogP) is 3.17. The molecule has 0 aromatic heterocycles. The van der Waals surface area contributed by atoms with Crippen molar-refractivity contribution in [1.29, 1.82) is 0 Å². The highest BCUT2D eigenvalue weighted by molar-refractivity contribution is 5.88. The normalized spacial score (nSPS) is 26.8. The van der Waals surface area contributed by atoms with Crippen molar-refractivity contribution < 1.29 is 9.53 Å². The van der Waals surface area contributed by atoms with Crippen molar-refractivity contribution in [3.05, 3.63) is 0 Å². The number of likely N-dealkylation sites (N-methyl/N-ethyl adjacent to an activating group) is 1. The van der Waals surface area contributed by atoms with E-state index in [1.54, 1.807) is 0 Å². The molecule has 3 heteroatoms.